The highest BCUT2D eigenvalue weighted by molar-refractivity contribution is 7.89. The maximum Gasteiger partial charge on any atom is 0.240 e. The smallest absolute Gasteiger partial charge is 0.240 e. The van der Waals surface area contributed by atoms with Crippen LogP contribution < -0.4 is 15.4 Å². The highest BCUT2D eigenvalue weighted by Gasteiger charge is 2.15. The molecule has 0 amide bonds. The largest absolute Gasteiger partial charge is 0.379 e. The van der Waals surface area contributed by atoms with Crippen molar-refractivity contribution in [1.82, 2.24) is 19.6 Å². The maximum absolute atomic E-state index is 12.5. The Morgan fingerprint density at radius 3 is 2.65 bits per heavy atom. The zero-order chi connectivity index (χ0) is 22.1. The minimum Gasteiger partial charge on any atom is -0.379 e. The Labute approximate surface area is 182 Å². The number of morpholine rings is 1. The second-order valence-electron chi connectivity index (χ2n) is 6.95. The summed E-state index contributed by atoms with van der Waals surface area (Å²) in [4.78, 5) is 10.9. The van der Waals surface area contributed by atoms with E-state index in [2.05, 4.69) is 30.2 Å². The molecule has 0 radical (unpaired) electrons. The number of nitrogens with zero attached hydrogens (tertiary/aromatic N) is 4. The predicted molar refractivity (Wildman–Crippen MR) is 118 cm³/mol. The average molecular weight is 446 g/mol. The Morgan fingerprint density at radius 1 is 1.23 bits per heavy atom. The highest BCUT2D eigenvalue weighted by atomic mass is 32.2. The van der Waals surface area contributed by atoms with Gasteiger partial charge in [-0.15, -0.1) is 0 Å². The van der Waals surface area contributed by atoms with Crippen molar-refractivity contribution >= 4 is 27.5 Å². The molecule has 1 fully saturated rings. The average Bonchev–Trinajstić information content (AvgIpc) is 2.78. The van der Waals surface area contributed by atoms with Crippen LogP contribution in [0.25, 0.3) is 0 Å². The van der Waals surface area contributed by atoms with Gasteiger partial charge in [-0.05, 0) is 44.2 Å². The van der Waals surface area contributed by atoms with Gasteiger partial charge in [0, 0.05) is 31.9 Å². The van der Waals surface area contributed by atoms with Crippen LogP contribution in [-0.2, 0) is 14.8 Å². The van der Waals surface area contributed by atoms with Crippen molar-refractivity contribution in [2.75, 3.05) is 56.6 Å². The van der Waals surface area contributed by atoms with Gasteiger partial charge in [-0.3, -0.25) is 4.90 Å². The van der Waals surface area contributed by atoms with Gasteiger partial charge < -0.3 is 15.4 Å². The summed E-state index contributed by atoms with van der Waals surface area (Å²) in [5, 5.41) is 15.2. The van der Waals surface area contributed by atoms with Crippen LogP contribution in [0.1, 0.15) is 18.9 Å². The van der Waals surface area contributed by atoms with Crippen LogP contribution in [0.2, 0.25) is 0 Å². The van der Waals surface area contributed by atoms with Crippen molar-refractivity contribution in [3.05, 3.63) is 36.0 Å². The van der Waals surface area contributed by atoms with Crippen molar-refractivity contribution in [1.29, 1.82) is 5.26 Å². The van der Waals surface area contributed by atoms with Gasteiger partial charge in [0.2, 0.25) is 16.0 Å². The molecule has 31 heavy (non-hydrogen) atoms. The number of hydrogen-bond acceptors (Lipinski definition) is 9. The Kier molecular flexibility index (Phi) is 8.13. The molecule has 1 aromatic heterocycles. The minimum atomic E-state index is -3.57. The normalized spacial score (nSPS) is 14.7. The number of sulfonamides is 1. The molecule has 0 unspecified atom stereocenters. The lowest BCUT2D eigenvalue weighted by atomic mass is 10.3. The summed E-state index contributed by atoms with van der Waals surface area (Å²) < 4.78 is 33.0. The number of rotatable bonds is 10. The molecule has 11 heteroatoms. The molecule has 0 aliphatic carbocycles. The summed E-state index contributed by atoms with van der Waals surface area (Å²) in [6, 6.07) is 8.40. The summed E-state index contributed by atoms with van der Waals surface area (Å²) in [6.07, 6.45) is 2.18. The molecule has 1 aliphatic heterocycles. The number of aromatic nitrogens is 2. The molecule has 1 saturated heterocycles. The Bertz CT molecular complexity index is 1000. The third-order valence-corrected chi connectivity index (χ3v) is 6.20. The van der Waals surface area contributed by atoms with Crippen molar-refractivity contribution < 1.29 is 13.2 Å². The fraction of sp³-hybridized carbons (Fsp3) is 0.450. The number of ether oxygens (including phenoxy) is 1. The van der Waals surface area contributed by atoms with E-state index >= 15 is 0 Å². The lowest BCUT2D eigenvalue weighted by Crippen LogP contribution is -2.38. The Morgan fingerprint density at radius 2 is 1.97 bits per heavy atom. The number of nitriles is 1. The first kappa shape index (κ1) is 22.9. The molecular weight excluding hydrogens is 418 g/mol. The summed E-state index contributed by atoms with van der Waals surface area (Å²) >= 11 is 0. The van der Waals surface area contributed by atoms with Gasteiger partial charge in [-0.2, -0.15) is 10.2 Å². The van der Waals surface area contributed by atoms with Gasteiger partial charge in [-0.25, -0.2) is 18.1 Å². The summed E-state index contributed by atoms with van der Waals surface area (Å²) in [5.74, 6) is 0.759. The summed E-state index contributed by atoms with van der Waals surface area (Å²) in [7, 11) is -3.57. The second kappa shape index (κ2) is 11.0. The quantitative estimate of drug-likeness (QED) is 0.466. The van der Waals surface area contributed by atoms with E-state index in [0.717, 1.165) is 39.3 Å². The lowest BCUT2D eigenvalue weighted by molar-refractivity contribution is 0.0376. The van der Waals surface area contributed by atoms with Crippen LogP contribution in [0.3, 0.4) is 0 Å². The second-order valence-corrected chi connectivity index (χ2v) is 8.72. The molecule has 10 nitrogen and oxygen atoms in total. The van der Waals surface area contributed by atoms with Crippen molar-refractivity contribution in [2.24, 2.45) is 0 Å². The molecule has 0 atom stereocenters. The van der Waals surface area contributed by atoms with E-state index in [1.807, 2.05) is 13.0 Å². The molecule has 0 bridgehead atoms. The maximum atomic E-state index is 12.5. The topological polar surface area (TPSA) is 132 Å². The van der Waals surface area contributed by atoms with Gasteiger partial charge >= 0.3 is 0 Å². The number of benzene rings is 1. The van der Waals surface area contributed by atoms with Crippen LogP contribution >= 0.6 is 0 Å². The van der Waals surface area contributed by atoms with Gasteiger partial charge in [0.15, 0.2) is 0 Å². The third-order valence-electron chi connectivity index (χ3n) is 4.72. The highest BCUT2D eigenvalue weighted by Crippen LogP contribution is 2.19. The van der Waals surface area contributed by atoms with E-state index in [0.29, 0.717) is 36.1 Å². The van der Waals surface area contributed by atoms with Gasteiger partial charge in [-0.1, -0.05) is 0 Å². The van der Waals surface area contributed by atoms with Gasteiger partial charge in [0.05, 0.1) is 24.3 Å². The van der Waals surface area contributed by atoms with Gasteiger partial charge in [0.25, 0.3) is 0 Å². The van der Waals surface area contributed by atoms with E-state index < -0.39 is 10.0 Å². The van der Waals surface area contributed by atoms with Crippen LogP contribution in [0.4, 0.5) is 17.5 Å². The zero-order valence-electron chi connectivity index (χ0n) is 17.5. The van der Waals surface area contributed by atoms with E-state index in [9.17, 15) is 8.42 Å². The molecule has 0 spiro atoms. The van der Waals surface area contributed by atoms with E-state index in [1.165, 1.54) is 18.3 Å². The van der Waals surface area contributed by atoms with Crippen LogP contribution in [-0.4, -0.2) is 69.2 Å². The number of nitrogens with one attached hydrogen (secondary N) is 3. The molecule has 3 N–H and O–H groups in total. The number of anilines is 3. The summed E-state index contributed by atoms with van der Waals surface area (Å²) in [6.45, 7) is 7.00. The molecule has 3 rings (SSSR count). The Balaban J connectivity index is 1.55. The number of hydrogen-bond donors (Lipinski definition) is 3. The summed E-state index contributed by atoms with van der Waals surface area (Å²) in [5.41, 5.74) is 0.993. The first-order valence-electron chi connectivity index (χ1n) is 10.2. The Hall–Kier alpha value is -2.78. The van der Waals surface area contributed by atoms with Crippen molar-refractivity contribution in [2.45, 2.75) is 18.2 Å². The SMILES string of the molecule is CCNc1nc(Nc2ccc(S(=O)(=O)NCCCN3CCOCC3)cc2)ncc1C#N. The first-order valence-corrected chi connectivity index (χ1v) is 11.7. The zero-order valence-corrected chi connectivity index (χ0v) is 18.3. The molecule has 166 valence electrons. The van der Waals surface area contributed by atoms with Crippen LogP contribution in [0.15, 0.2) is 35.4 Å². The standard InChI is InChI=1S/C20H27N7O3S/c1-2-22-19-16(14-21)15-23-20(26-19)25-17-4-6-18(7-5-17)31(28,29)24-8-3-9-27-10-12-30-13-11-27/h4-7,15,24H,2-3,8-13H2,1H3,(H2,22,23,25,26). The monoisotopic (exact) mass is 445 g/mol. The van der Waals surface area contributed by atoms with Crippen LogP contribution in [0.5, 0.6) is 0 Å². The van der Waals surface area contributed by atoms with Crippen LogP contribution in [0, 0.1) is 11.3 Å². The lowest BCUT2D eigenvalue weighted by Gasteiger charge is -2.26. The molecule has 1 aromatic carbocycles. The fourth-order valence-corrected chi connectivity index (χ4v) is 4.16. The third kappa shape index (κ3) is 6.60. The van der Waals surface area contributed by atoms with E-state index in [-0.39, 0.29) is 4.90 Å². The molecule has 1 aliphatic rings. The fourth-order valence-electron chi connectivity index (χ4n) is 3.09. The van der Waals surface area contributed by atoms with Crippen molar-refractivity contribution in [3.8, 4) is 6.07 Å². The molecular formula is C20H27N7O3S. The minimum absolute atomic E-state index is 0.193. The predicted octanol–water partition coefficient (Wildman–Crippen LogP) is 1.52. The molecule has 2 aromatic rings. The molecule has 0 saturated carbocycles. The van der Waals surface area contributed by atoms with E-state index in [1.54, 1.807) is 12.1 Å². The van der Waals surface area contributed by atoms with Gasteiger partial charge in [0.1, 0.15) is 17.5 Å². The first-order chi connectivity index (χ1) is 15.0. The molecule has 2 heterocycles. The van der Waals surface area contributed by atoms with E-state index in [4.69, 9.17) is 10.00 Å². The van der Waals surface area contributed by atoms with Crippen molar-refractivity contribution in [3.63, 3.8) is 0 Å².